The molecule has 0 bridgehead atoms. The van der Waals surface area contributed by atoms with Gasteiger partial charge in [-0.25, -0.2) is 9.67 Å². The van der Waals surface area contributed by atoms with Crippen molar-refractivity contribution in [2.75, 3.05) is 12.3 Å². The van der Waals surface area contributed by atoms with Crippen molar-refractivity contribution in [3.05, 3.63) is 6.33 Å². The fraction of sp³-hybridized carbons (Fsp3) is 0.800. The standard InChI is InChI=1S/C10H16N4O/c11-9-12-7-14(13-9)8-2-5-15-10(6-8)3-1-4-10/h7-8H,1-6H2,(H2,11,13). The number of aromatic nitrogens is 3. The summed E-state index contributed by atoms with van der Waals surface area (Å²) in [6.07, 6.45) is 7.52. The SMILES string of the molecule is Nc1ncn(C2CCOC3(CCC3)C2)n1. The van der Waals surface area contributed by atoms with Crippen molar-refractivity contribution < 1.29 is 4.74 Å². The zero-order valence-corrected chi connectivity index (χ0v) is 8.72. The Hall–Kier alpha value is -1.10. The van der Waals surface area contributed by atoms with Gasteiger partial charge in [0, 0.05) is 6.61 Å². The Morgan fingerprint density at radius 1 is 1.53 bits per heavy atom. The molecule has 0 radical (unpaired) electrons. The first-order chi connectivity index (χ1) is 7.27. The minimum Gasteiger partial charge on any atom is -0.375 e. The van der Waals surface area contributed by atoms with Gasteiger partial charge in [-0.3, -0.25) is 0 Å². The topological polar surface area (TPSA) is 66.0 Å². The molecule has 1 saturated carbocycles. The Bertz CT molecular complexity index is 358. The number of nitrogens with two attached hydrogens (primary N) is 1. The van der Waals surface area contributed by atoms with Gasteiger partial charge in [-0.1, -0.05) is 0 Å². The minimum absolute atomic E-state index is 0.156. The molecule has 1 aliphatic carbocycles. The van der Waals surface area contributed by atoms with Crippen LogP contribution in [-0.2, 0) is 4.74 Å². The van der Waals surface area contributed by atoms with E-state index in [4.69, 9.17) is 10.5 Å². The van der Waals surface area contributed by atoms with E-state index in [1.807, 2.05) is 4.68 Å². The summed E-state index contributed by atoms with van der Waals surface area (Å²) in [4.78, 5) is 3.97. The highest BCUT2D eigenvalue weighted by Crippen LogP contribution is 2.45. The second-order valence-corrected chi connectivity index (χ2v) is 4.61. The summed E-state index contributed by atoms with van der Waals surface area (Å²) < 4.78 is 7.77. The predicted octanol–water partition coefficient (Wildman–Crippen LogP) is 1.13. The monoisotopic (exact) mass is 208 g/mol. The number of anilines is 1. The highest BCUT2D eigenvalue weighted by molar-refractivity contribution is 5.10. The van der Waals surface area contributed by atoms with Crippen LogP contribution in [0.1, 0.15) is 38.1 Å². The van der Waals surface area contributed by atoms with E-state index in [0.29, 0.717) is 12.0 Å². The van der Waals surface area contributed by atoms with Crippen molar-refractivity contribution in [2.45, 2.75) is 43.7 Å². The number of ether oxygens (including phenoxy) is 1. The van der Waals surface area contributed by atoms with E-state index >= 15 is 0 Å². The number of rotatable bonds is 1. The molecule has 2 fully saturated rings. The number of nitrogen functional groups attached to an aromatic ring is 1. The van der Waals surface area contributed by atoms with Crippen LogP contribution in [0.4, 0.5) is 5.95 Å². The first-order valence-electron chi connectivity index (χ1n) is 5.58. The summed E-state index contributed by atoms with van der Waals surface area (Å²) in [7, 11) is 0. The highest BCUT2D eigenvalue weighted by Gasteiger charge is 2.43. The van der Waals surface area contributed by atoms with E-state index in [1.165, 1.54) is 19.3 Å². The lowest BCUT2D eigenvalue weighted by Gasteiger charge is -2.47. The average molecular weight is 208 g/mol. The van der Waals surface area contributed by atoms with Crippen LogP contribution in [-0.4, -0.2) is 27.0 Å². The van der Waals surface area contributed by atoms with Crippen molar-refractivity contribution in [1.82, 2.24) is 14.8 Å². The van der Waals surface area contributed by atoms with Crippen molar-refractivity contribution in [3.8, 4) is 0 Å². The minimum atomic E-state index is 0.156. The Labute approximate surface area is 88.6 Å². The highest BCUT2D eigenvalue weighted by atomic mass is 16.5. The molecular formula is C10H16N4O. The maximum absolute atomic E-state index is 5.87. The predicted molar refractivity (Wildman–Crippen MR) is 55.2 cm³/mol. The molecule has 2 heterocycles. The molecule has 5 heteroatoms. The van der Waals surface area contributed by atoms with Gasteiger partial charge < -0.3 is 10.5 Å². The van der Waals surface area contributed by atoms with Crippen LogP contribution in [0.3, 0.4) is 0 Å². The molecule has 15 heavy (non-hydrogen) atoms. The van der Waals surface area contributed by atoms with Crippen molar-refractivity contribution in [1.29, 1.82) is 0 Å². The van der Waals surface area contributed by atoms with Gasteiger partial charge in [0.25, 0.3) is 0 Å². The zero-order valence-electron chi connectivity index (χ0n) is 8.72. The third-order valence-corrected chi connectivity index (χ3v) is 3.63. The maximum Gasteiger partial charge on any atom is 0.239 e. The fourth-order valence-electron chi connectivity index (χ4n) is 2.61. The van der Waals surface area contributed by atoms with Crippen molar-refractivity contribution in [3.63, 3.8) is 0 Å². The Morgan fingerprint density at radius 2 is 2.40 bits per heavy atom. The maximum atomic E-state index is 5.87. The van der Waals surface area contributed by atoms with Crippen LogP contribution in [0.25, 0.3) is 0 Å². The third kappa shape index (κ3) is 1.51. The van der Waals surface area contributed by atoms with E-state index in [1.54, 1.807) is 6.33 Å². The zero-order chi connectivity index (χ0) is 10.3. The molecule has 3 rings (SSSR count). The normalized spacial score (nSPS) is 28.9. The first-order valence-corrected chi connectivity index (χ1v) is 5.58. The molecule has 5 nitrogen and oxygen atoms in total. The Kier molecular flexibility index (Phi) is 1.95. The van der Waals surface area contributed by atoms with Gasteiger partial charge in [0.1, 0.15) is 6.33 Å². The van der Waals surface area contributed by atoms with Gasteiger partial charge in [0.2, 0.25) is 5.95 Å². The average Bonchev–Trinajstić information content (AvgIpc) is 2.63. The second kappa shape index (κ2) is 3.20. The van der Waals surface area contributed by atoms with Crippen molar-refractivity contribution >= 4 is 5.95 Å². The van der Waals surface area contributed by atoms with Gasteiger partial charge in [0.15, 0.2) is 0 Å². The van der Waals surface area contributed by atoms with Gasteiger partial charge in [-0.2, -0.15) is 0 Å². The van der Waals surface area contributed by atoms with E-state index in [9.17, 15) is 0 Å². The number of nitrogens with zero attached hydrogens (tertiary/aromatic N) is 3. The Balaban J connectivity index is 1.76. The van der Waals surface area contributed by atoms with Gasteiger partial charge in [-0.05, 0) is 32.1 Å². The summed E-state index contributed by atoms with van der Waals surface area (Å²) in [6, 6.07) is 0.420. The summed E-state index contributed by atoms with van der Waals surface area (Å²) in [5, 5.41) is 4.19. The molecule has 1 saturated heterocycles. The molecule has 2 aliphatic rings. The molecule has 0 aromatic carbocycles. The molecule has 1 aromatic heterocycles. The molecule has 1 aromatic rings. The van der Waals surface area contributed by atoms with E-state index < -0.39 is 0 Å². The van der Waals surface area contributed by atoms with E-state index in [-0.39, 0.29) is 5.60 Å². The lowest BCUT2D eigenvalue weighted by atomic mass is 9.74. The lowest BCUT2D eigenvalue weighted by molar-refractivity contribution is -0.141. The van der Waals surface area contributed by atoms with Crippen LogP contribution >= 0.6 is 0 Å². The third-order valence-electron chi connectivity index (χ3n) is 3.63. The van der Waals surface area contributed by atoms with Crippen LogP contribution in [0.2, 0.25) is 0 Å². The van der Waals surface area contributed by atoms with Crippen LogP contribution < -0.4 is 5.73 Å². The largest absolute Gasteiger partial charge is 0.375 e. The molecule has 1 aliphatic heterocycles. The molecule has 1 atom stereocenters. The Morgan fingerprint density at radius 3 is 3.00 bits per heavy atom. The first kappa shape index (κ1) is 9.15. The molecule has 0 amide bonds. The number of hydrogen-bond acceptors (Lipinski definition) is 4. The second-order valence-electron chi connectivity index (χ2n) is 4.61. The molecule has 2 N–H and O–H groups in total. The summed E-state index contributed by atoms with van der Waals surface area (Å²) in [5.41, 5.74) is 5.68. The van der Waals surface area contributed by atoms with E-state index in [0.717, 1.165) is 19.4 Å². The molecule has 1 spiro atoms. The lowest BCUT2D eigenvalue weighted by Crippen LogP contribution is -2.46. The van der Waals surface area contributed by atoms with Crippen LogP contribution in [0.5, 0.6) is 0 Å². The number of hydrogen-bond donors (Lipinski definition) is 1. The van der Waals surface area contributed by atoms with Gasteiger partial charge in [0.05, 0.1) is 11.6 Å². The summed E-state index contributed by atoms with van der Waals surface area (Å²) >= 11 is 0. The molecule has 1 unspecified atom stereocenters. The quantitative estimate of drug-likeness (QED) is 0.751. The van der Waals surface area contributed by atoms with Crippen LogP contribution in [0, 0.1) is 0 Å². The van der Waals surface area contributed by atoms with Gasteiger partial charge >= 0.3 is 0 Å². The molecule has 82 valence electrons. The smallest absolute Gasteiger partial charge is 0.239 e. The molecular weight excluding hydrogens is 192 g/mol. The summed E-state index contributed by atoms with van der Waals surface area (Å²) in [6.45, 7) is 0.838. The summed E-state index contributed by atoms with van der Waals surface area (Å²) in [5.74, 6) is 0.365. The van der Waals surface area contributed by atoms with E-state index in [2.05, 4.69) is 10.1 Å². The van der Waals surface area contributed by atoms with Crippen molar-refractivity contribution in [2.24, 2.45) is 0 Å². The van der Waals surface area contributed by atoms with Gasteiger partial charge in [-0.15, -0.1) is 5.10 Å². The fourth-order valence-corrected chi connectivity index (χ4v) is 2.61. The van der Waals surface area contributed by atoms with Crippen LogP contribution in [0.15, 0.2) is 6.33 Å².